The zero-order valence-electron chi connectivity index (χ0n) is 21.3. The molecule has 2 aromatic heterocycles. The lowest BCUT2D eigenvalue weighted by Crippen LogP contribution is -2.47. The number of aryl methyl sites for hydroxylation is 1. The number of hydrogen-bond acceptors (Lipinski definition) is 5. The maximum Gasteiger partial charge on any atom is 0.295 e. The van der Waals surface area contributed by atoms with Crippen molar-refractivity contribution < 1.29 is 4.79 Å². The van der Waals surface area contributed by atoms with E-state index < -0.39 is 0 Å². The van der Waals surface area contributed by atoms with E-state index in [1.807, 2.05) is 29.2 Å². The van der Waals surface area contributed by atoms with Gasteiger partial charge in [0.05, 0.1) is 12.5 Å². The number of nitrogens with zero attached hydrogens (tertiary/aromatic N) is 4. The molecule has 2 aliphatic rings. The fourth-order valence-electron chi connectivity index (χ4n) is 5.59. The monoisotopic (exact) mass is 487 g/mol. The van der Waals surface area contributed by atoms with Crippen molar-refractivity contribution in [1.29, 1.82) is 0 Å². The Morgan fingerprint density at radius 2 is 1.75 bits per heavy atom. The predicted molar refractivity (Wildman–Crippen MR) is 143 cm³/mol. The van der Waals surface area contributed by atoms with Crippen molar-refractivity contribution in [2.24, 2.45) is 5.92 Å². The summed E-state index contributed by atoms with van der Waals surface area (Å²) in [6, 6.07) is 12.2. The fourth-order valence-corrected chi connectivity index (χ4v) is 5.59. The van der Waals surface area contributed by atoms with Crippen LogP contribution in [0.5, 0.6) is 0 Å². The van der Waals surface area contributed by atoms with E-state index in [-0.39, 0.29) is 23.4 Å². The number of anilines is 1. The lowest BCUT2D eigenvalue weighted by Gasteiger charge is -2.33. The van der Waals surface area contributed by atoms with Crippen LogP contribution in [-0.2, 0) is 11.3 Å². The first-order valence-electron chi connectivity index (χ1n) is 13.5. The van der Waals surface area contributed by atoms with Gasteiger partial charge in [0.2, 0.25) is 5.91 Å². The molecular weight excluding hydrogens is 450 g/mol. The number of carbonyl (C=O) groups is 1. The Labute approximate surface area is 212 Å². The SMILES string of the molecule is Cc1ccc(Cn2c(=O)c(N3CCCC(C(=O)NC4CCCCCCC4)C3)nc3cccnc32)cc1. The zero-order valence-corrected chi connectivity index (χ0v) is 21.3. The molecule has 7 nitrogen and oxygen atoms in total. The molecule has 2 fully saturated rings. The van der Waals surface area contributed by atoms with E-state index in [0.717, 1.165) is 37.8 Å². The Hall–Kier alpha value is -3.22. The number of rotatable bonds is 5. The topological polar surface area (TPSA) is 80.1 Å². The first-order chi connectivity index (χ1) is 17.6. The third-order valence-corrected chi connectivity index (χ3v) is 7.69. The second-order valence-corrected chi connectivity index (χ2v) is 10.5. The molecule has 3 aromatic rings. The standard InChI is InChI=1S/C29H37N5O2/c1-21-13-15-22(16-14-21)19-34-26-25(12-7-17-30-26)32-27(29(34)36)33-18-8-9-23(20-33)28(35)31-24-10-5-3-2-4-6-11-24/h7,12-17,23-24H,2-6,8-11,18-20H2,1H3,(H,31,35). The molecule has 3 heterocycles. The molecule has 36 heavy (non-hydrogen) atoms. The molecule has 1 aromatic carbocycles. The zero-order chi connectivity index (χ0) is 24.9. The number of pyridine rings is 1. The van der Waals surface area contributed by atoms with Gasteiger partial charge in [-0.25, -0.2) is 9.97 Å². The quantitative estimate of drug-likeness (QED) is 0.569. The van der Waals surface area contributed by atoms with Gasteiger partial charge in [0.15, 0.2) is 11.5 Å². The second-order valence-electron chi connectivity index (χ2n) is 10.5. The number of amides is 1. The molecule has 1 saturated heterocycles. The summed E-state index contributed by atoms with van der Waals surface area (Å²) < 4.78 is 1.72. The van der Waals surface area contributed by atoms with E-state index in [1.165, 1.54) is 37.7 Å². The average Bonchev–Trinajstić information content (AvgIpc) is 2.88. The summed E-state index contributed by atoms with van der Waals surface area (Å²) >= 11 is 0. The van der Waals surface area contributed by atoms with Gasteiger partial charge in [-0.05, 0) is 50.3 Å². The summed E-state index contributed by atoms with van der Waals surface area (Å²) in [4.78, 5) is 38.2. The van der Waals surface area contributed by atoms with Crippen LogP contribution in [0.3, 0.4) is 0 Å². The van der Waals surface area contributed by atoms with Crippen molar-refractivity contribution in [1.82, 2.24) is 19.9 Å². The molecule has 0 bridgehead atoms. The highest BCUT2D eigenvalue weighted by Gasteiger charge is 2.30. The summed E-state index contributed by atoms with van der Waals surface area (Å²) in [5.41, 5.74) is 3.36. The number of aromatic nitrogens is 3. The molecule has 5 rings (SSSR count). The summed E-state index contributed by atoms with van der Waals surface area (Å²) in [5, 5.41) is 3.34. The van der Waals surface area contributed by atoms with Crippen LogP contribution < -0.4 is 15.8 Å². The summed E-state index contributed by atoms with van der Waals surface area (Å²) in [6.45, 7) is 3.74. The van der Waals surface area contributed by atoms with Gasteiger partial charge in [0.1, 0.15) is 5.52 Å². The van der Waals surface area contributed by atoms with Gasteiger partial charge in [-0.1, -0.05) is 61.9 Å². The second kappa shape index (κ2) is 11.2. The van der Waals surface area contributed by atoms with E-state index in [0.29, 0.717) is 30.1 Å². The van der Waals surface area contributed by atoms with Crippen molar-refractivity contribution in [3.05, 3.63) is 64.1 Å². The molecule has 1 N–H and O–H groups in total. The Bertz CT molecular complexity index is 1240. The molecule has 1 unspecified atom stereocenters. The minimum Gasteiger partial charge on any atom is -0.353 e. The van der Waals surface area contributed by atoms with E-state index in [1.54, 1.807) is 10.8 Å². The largest absolute Gasteiger partial charge is 0.353 e. The van der Waals surface area contributed by atoms with E-state index in [4.69, 9.17) is 4.98 Å². The van der Waals surface area contributed by atoms with Crippen molar-refractivity contribution in [2.75, 3.05) is 18.0 Å². The maximum absolute atomic E-state index is 13.7. The van der Waals surface area contributed by atoms with Crippen LogP contribution in [0.2, 0.25) is 0 Å². The van der Waals surface area contributed by atoms with Crippen molar-refractivity contribution in [3.63, 3.8) is 0 Å². The van der Waals surface area contributed by atoms with Gasteiger partial charge in [0, 0.05) is 25.3 Å². The van der Waals surface area contributed by atoms with E-state index in [9.17, 15) is 9.59 Å². The highest BCUT2D eigenvalue weighted by Crippen LogP contribution is 2.23. The number of piperidine rings is 1. The van der Waals surface area contributed by atoms with Gasteiger partial charge < -0.3 is 10.2 Å². The highest BCUT2D eigenvalue weighted by atomic mass is 16.2. The van der Waals surface area contributed by atoms with Gasteiger partial charge in [-0.15, -0.1) is 0 Å². The summed E-state index contributed by atoms with van der Waals surface area (Å²) in [7, 11) is 0. The minimum absolute atomic E-state index is 0.125. The highest BCUT2D eigenvalue weighted by molar-refractivity contribution is 5.80. The fraction of sp³-hybridized carbons (Fsp3) is 0.517. The Morgan fingerprint density at radius 3 is 2.53 bits per heavy atom. The number of fused-ring (bicyclic) bond motifs is 1. The van der Waals surface area contributed by atoms with Crippen LogP contribution in [0.1, 0.15) is 68.9 Å². The van der Waals surface area contributed by atoms with E-state index in [2.05, 4.69) is 29.4 Å². The molecule has 0 radical (unpaired) electrons. The van der Waals surface area contributed by atoms with Crippen LogP contribution in [0.4, 0.5) is 5.82 Å². The number of carbonyl (C=O) groups excluding carboxylic acids is 1. The molecular formula is C29H37N5O2. The molecule has 1 atom stereocenters. The maximum atomic E-state index is 13.7. The Morgan fingerprint density at radius 1 is 1.00 bits per heavy atom. The lowest BCUT2D eigenvalue weighted by molar-refractivity contribution is -0.126. The first kappa shape index (κ1) is 24.5. The molecule has 1 aliphatic carbocycles. The molecule has 1 amide bonds. The summed E-state index contributed by atoms with van der Waals surface area (Å²) in [6.07, 6.45) is 11.8. The number of hydrogen-bond donors (Lipinski definition) is 1. The first-order valence-corrected chi connectivity index (χ1v) is 13.5. The predicted octanol–water partition coefficient (Wildman–Crippen LogP) is 4.59. The van der Waals surface area contributed by atoms with Crippen LogP contribution in [0.25, 0.3) is 11.2 Å². The van der Waals surface area contributed by atoms with E-state index >= 15 is 0 Å². The smallest absolute Gasteiger partial charge is 0.295 e. The van der Waals surface area contributed by atoms with Gasteiger partial charge in [0.25, 0.3) is 5.56 Å². The van der Waals surface area contributed by atoms with Gasteiger partial charge in [-0.3, -0.25) is 14.2 Å². The average molecular weight is 488 g/mol. The number of nitrogens with one attached hydrogen (secondary N) is 1. The third kappa shape index (κ3) is 5.61. The lowest BCUT2D eigenvalue weighted by atomic mass is 9.94. The Kier molecular flexibility index (Phi) is 7.63. The van der Waals surface area contributed by atoms with Crippen LogP contribution in [0, 0.1) is 12.8 Å². The molecule has 190 valence electrons. The van der Waals surface area contributed by atoms with Crippen molar-refractivity contribution in [3.8, 4) is 0 Å². The third-order valence-electron chi connectivity index (χ3n) is 7.69. The van der Waals surface area contributed by atoms with Crippen LogP contribution >= 0.6 is 0 Å². The number of benzene rings is 1. The van der Waals surface area contributed by atoms with Crippen molar-refractivity contribution >= 4 is 22.9 Å². The van der Waals surface area contributed by atoms with Gasteiger partial charge in [-0.2, -0.15) is 0 Å². The molecule has 0 spiro atoms. The molecule has 1 aliphatic heterocycles. The van der Waals surface area contributed by atoms with Crippen LogP contribution in [-0.4, -0.2) is 39.6 Å². The Balaban J connectivity index is 1.38. The van der Waals surface area contributed by atoms with Gasteiger partial charge >= 0.3 is 0 Å². The molecule has 1 saturated carbocycles. The van der Waals surface area contributed by atoms with Crippen LogP contribution in [0.15, 0.2) is 47.4 Å². The minimum atomic E-state index is -0.150. The normalized spacial score (nSPS) is 19.6. The van der Waals surface area contributed by atoms with Crippen molar-refractivity contribution in [2.45, 2.75) is 77.3 Å². The molecule has 7 heteroatoms. The summed E-state index contributed by atoms with van der Waals surface area (Å²) in [5.74, 6) is 0.430.